The van der Waals surface area contributed by atoms with Gasteiger partial charge in [0.2, 0.25) is 0 Å². The molecule has 1 atom stereocenters. The van der Waals surface area contributed by atoms with Crippen molar-refractivity contribution in [3.63, 3.8) is 0 Å². The van der Waals surface area contributed by atoms with Gasteiger partial charge in [-0.05, 0) is 41.4 Å². The quantitative estimate of drug-likeness (QED) is 0.267. The molecule has 1 aromatic carbocycles. The van der Waals surface area contributed by atoms with Crippen LogP contribution in [0.3, 0.4) is 0 Å². The topological polar surface area (TPSA) is 109 Å². The number of aliphatic hydroxyl groups excluding tert-OH is 1. The normalized spacial score (nSPS) is 12.5. The predicted octanol–water partition coefficient (Wildman–Crippen LogP) is 2.15. The van der Waals surface area contributed by atoms with E-state index >= 15 is 0 Å². The van der Waals surface area contributed by atoms with Crippen molar-refractivity contribution in [2.45, 2.75) is 19.6 Å². The molecule has 26 heavy (non-hydrogen) atoms. The minimum absolute atomic E-state index is 0.00307. The van der Waals surface area contributed by atoms with Crippen molar-refractivity contribution < 1.29 is 14.8 Å². The van der Waals surface area contributed by atoms with Gasteiger partial charge in [0.05, 0.1) is 11.5 Å². The second-order valence-electron chi connectivity index (χ2n) is 5.42. The maximum atomic E-state index is 10.6. The molecule has 2 rings (SSSR count). The average Bonchev–Trinajstić information content (AvgIpc) is 3.16. The molecular formula is C17H22N4O4S. The minimum atomic E-state index is -0.754. The molecule has 8 nitrogen and oxygen atoms in total. The first-order chi connectivity index (χ1) is 12.6. The number of guanidine groups is 1. The number of nitrogens with one attached hydrogen (secondary N) is 2. The Morgan fingerprint density at radius 2 is 2.12 bits per heavy atom. The summed E-state index contributed by atoms with van der Waals surface area (Å²) < 4.78 is 5.44. The molecule has 2 aromatic rings. The van der Waals surface area contributed by atoms with Crippen molar-refractivity contribution in [2.24, 2.45) is 4.99 Å². The van der Waals surface area contributed by atoms with Gasteiger partial charge in [0.15, 0.2) is 5.96 Å². The zero-order valence-electron chi connectivity index (χ0n) is 14.4. The van der Waals surface area contributed by atoms with Gasteiger partial charge < -0.3 is 20.5 Å². The first kappa shape index (κ1) is 19.7. The third-order valence-electron chi connectivity index (χ3n) is 3.34. The number of ether oxygens (including phenoxy) is 1. The third-order valence-corrected chi connectivity index (χ3v) is 4.07. The van der Waals surface area contributed by atoms with Crippen molar-refractivity contribution >= 4 is 23.0 Å². The number of nitro benzene ring substituents is 1. The summed E-state index contributed by atoms with van der Waals surface area (Å²) in [5, 5.41) is 30.9. The lowest BCUT2D eigenvalue weighted by molar-refractivity contribution is -0.384. The van der Waals surface area contributed by atoms with Crippen LogP contribution in [0, 0.1) is 10.1 Å². The molecule has 9 heteroatoms. The summed E-state index contributed by atoms with van der Waals surface area (Å²) in [4.78, 5) is 14.6. The third kappa shape index (κ3) is 6.69. The summed E-state index contributed by atoms with van der Waals surface area (Å²) in [7, 11) is 0. The number of hydrogen-bond donors (Lipinski definition) is 3. The van der Waals surface area contributed by atoms with E-state index in [-0.39, 0.29) is 18.8 Å². The van der Waals surface area contributed by atoms with E-state index in [2.05, 4.69) is 15.6 Å². The molecule has 0 spiro atoms. The highest BCUT2D eigenvalue weighted by Gasteiger charge is 2.09. The molecule has 3 N–H and O–H groups in total. The van der Waals surface area contributed by atoms with E-state index in [0.717, 1.165) is 5.56 Å². The fraction of sp³-hybridized carbons (Fsp3) is 0.353. The van der Waals surface area contributed by atoms with Crippen molar-refractivity contribution in [2.75, 3.05) is 19.7 Å². The zero-order chi connectivity index (χ0) is 18.8. The molecule has 1 heterocycles. The van der Waals surface area contributed by atoms with E-state index in [1.807, 2.05) is 23.8 Å². The van der Waals surface area contributed by atoms with Gasteiger partial charge >= 0.3 is 0 Å². The second kappa shape index (κ2) is 10.4. The van der Waals surface area contributed by atoms with E-state index < -0.39 is 11.0 Å². The molecule has 0 bridgehead atoms. The lowest BCUT2D eigenvalue weighted by Crippen LogP contribution is -2.42. The van der Waals surface area contributed by atoms with Gasteiger partial charge in [0, 0.05) is 25.2 Å². The molecule has 0 aliphatic heterocycles. The van der Waals surface area contributed by atoms with Gasteiger partial charge in [-0.25, -0.2) is 4.99 Å². The smallest absolute Gasteiger partial charge is 0.269 e. The van der Waals surface area contributed by atoms with Crippen LogP contribution in [-0.4, -0.2) is 41.8 Å². The van der Waals surface area contributed by atoms with Crippen LogP contribution < -0.4 is 15.4 Å². The van der Waals surface area contributed by atoms with Gasteiger partial charge in [-0.3, -0.25) is 10.1 Å². The van der Waals surface area contributed by atoms with E-state index in [0.29, 0.717) is 24.8 Å². The Morgan fingerprint density at radius 3 is 2.73 bits per heavy atom. The maximum absolute atomic E-state index is 10.6. The molecule has 0 fully saturated rings. The van der Waals surface area contributed by atoms with Crippen LogP contribution in [0.1, 0.15) is 12.5 Å². The number of hydrogen-bond acceptors (Lipinski definition) is 6. The number of aliphatic hydroxyl groups is 1. The standard InChI is InChI=1S/C17H22N4O4S/c1-2-18-17(19-9-13-7-8-26-12-13)20-10-15(22)11-25-16-5-3-14(4-6-16)21(23)24/h3-8,12,15,22H,2,9-11H2,1H3,(H2,18,19,20). The van der Waals surface area contributed by atoms with E-state index in [1.165, 1.54) is 24.3 Å². The SMILES string of the molecule is CCNC(=NCc1ccsc1)NCC(O)COc1ccc([N+](=O)[O-])cc1. The molecule has 0 amide bonds. The summed E-state index contributed by atoms with van der Waals surface area (Å²) in [5.41, 5.74) is 1.13. The Labute approximate surface area is 155 Å². The number of benzene rings is 1. The first-order valence-electron chi connectivity index (χ1n) is 8.17. The number of nitro groups is 1. The molecule has 1 aromatic heterocycles. The number of non-ortho nitro benzene ring substituents is 1. The Kier molecular flexibility index (Phi) is 7.84. The molecule has 0 saturated carbocycles. The van der Waals surface area contributed by atoms with Crippen molar-refractivity contribution in [1.82, 2.24) is 10.6 Å². The van der Waals surface area contributed by atoms with Crippen LogP contribution in [0.2, 0.25) is 0 Å². The number of aliphatic imine (C=N–C) groups is 1. The fourth-order valence-electron chi connectivity index (χ4n) is 2.02. The Hall–Kier alpha value is -2.65. The first-order valence-corrected chi connectivity index (χ1v) is 9.11. The maximum Gasteiger partial charge on any atom is 0.269 e. The second-order valence-corrected chi connectivity index (χ2v) is 6.20. The zero-order valence-corrected chi connectivity index (χ0v) is 15.2. The summed E-state index contributed by atoms with van der Waals surface area (Å²) in [5.74, 6) is 1.08. The monoisotopic (exact) mass is 378 g/mol. The van der Waals surface area contributed by atoms with Crippen LogP contribution >= 0.6 is 11.3 Å². The molecule has 0 aliphatic carbocycles. The Balaban J connectivity index is 1.77. The fourth-order valence-corrected chi connectivity index (χ4v) is 2.68. The van der Waals surface area contributed by atoms with Gasteiger partial charge in [0.1, 0.15) is 18.5 Å². The molecule has 140 valence electrons. The Bertz CT molecular complexity index is 704. The molecular weight excluding hydrogens is 356 g/mol. The summed E-state index contributed by atoms with van der Waals surface area (Å²) >= 11 is 1.63. The van der Waals surface area contributed by atoms with Crippen molar-refractivity contribution in [1.29, 1.82) is 0 Å². The van der Waals surface area contributed by atoms with Crippen LogP contribution in [0.15, 0.2) is 46.1 Å². The average molecular weight is 378 g/mol. The lowest BCUT2D eigenvalue weighted by atomic mass is 10.3. The van der Waals surface area contributed by atoms with Crippen LogP contribution in [0.25, 0.3) is 0 Å². The highest BCUT2D eigenvalue weighted by molar-refractivity contribution is 7.07. The number of rotatable bonds is 9. The highest BCUT2D eigenvalue weighted by Crippen LogP contribution is 2.17. The van der Waals surface area contributed by atoms with Crippen LogP contribution in [0.4, 0.5) is 5.69 Å². The van der Waals surface area contributed by atoms with Gasteiger partial charge in [-0.2, -0.15) is 11.3 Å². The van der Waals surface area contributed by atoms with E-state index in [1.54, 1.807) is 11.3 Å². The molecule has 0 saturated heterocycles. The van der Waals surface area contributed by atoms with Crippen molar-refractivity contribution in [3.8, 4) is 5.75 Å². The largest absolute Gasteiger partial charge is 0.491 e. The summed E-state index contributed by atoms with van der Waals surface area (Å²) in [6, 6.07) is 7.75. The summed E-state index contributed by atoms with van der Waals surface area (Å²) in [6.45, 7) is 3.58. The van der Waals surface area contributed by atoms with E-state index in [4.69, 9.17) is 4.74 Å². The van der Waals surface area contributed by atoms with E-state index in [9.17, 15) is 15.2 Å². The van der Waals surface area contributed by atoms with Crippen LogP contribution in [-0.2, 0) is 6.54 Å². The predicted molar refractivity (Wildman–Crippen MR) is 102 cm³/mol. The van der Waals surface area contributed by atoms with Gasteiger partial charge in [-0.15, -0.1) is 0 Å². The summed E-state index contributed by atoms with van der Waals surface area (Å²) in [6.07, 6.45) is -0.754. The molecule has 1 unspecified atom stereocenters. The number of nitrogens with zero attached hydrogens (tertiary/aromatic N) is 2. The highest BCUT2D eigenvalue weighted by atomic mass is 32.1. The van der Waals surface area contributed by atoms with Crippen LogP contribution in [0.5, 0.6) is 5.75 Å². The Morgan fingerprint density at radius 1 is 1.35 bits per heavy atom. The van der Waals surface area contributed by atoms with Gasteiger partial charge in [0.25, 0.3) is 5.69 Å². The lowest BCUT2D eigenvalue weighted by Gasteiger charge is -2.16. The van der Waals surface area contributed by atoms with Crippen molar-refractivity contribution in [3.05, 3.63) is 56.8 Å². The van der Waals surface area contributed by atoms with Gasteiger partial charge in [-0.1, -0.05) is 0 Å². The minimum Gasteiger partial charge on any atom is -0.491 e. The molecule has 0 radical (unpaired) electrons. The number of thiophene rings is 1. The molecule has 0 aliphatic rings.